The molecule has 0 spiro atoms. The summed E-state index contributed by atoms with van der Waals surface area (Å²) in [6.45, 7) is 9.43. The highest BCUT2D eigenvalue weighted by Crippen LogP contribution is 2.26. The number of benzene rings is 2. The Bertz CT molecular complexity index is 1180. The lowest BCUT2D eigenvalue weighted by atomic mass is 10.1. The van der Waals surface area contributed by atoms with E-state index in [4.69, 9.17) is 4.74 Å². The fourth-order valence-corrected chi connectivity index (χ4v) is 4.77. The van der Waals surface area contributed by atoms with Crippen molar-refractivity contribution in [1.29, 1.82) is 0 Å². The summed E-state index contributed by atoms with van der Waals surface area (Å²) in [5, 5.41) is 2.88. The Balaban J connectivity index is 2.48. The Morgan fingerprint density at radius 1 is 1.00 bits per heavy atom. The van der Waals surface area contributed by atoms with Crippen molar-refractivity contribution in [3.63, 3.8) is 0 Å². The summed E-state index contributed by atoms with van der Waals surface area (Å²) < 4.78 is 34.1. The molecule has 37 heavy (non-hydrogen) atoms. The van der Waals surface area contributed by atoms with Crippen LogP contribution in [0.5, 0.6) is 5.75 Å². The maximum absolute atomic E-state index is 13.8. The van der Waals surface area contributed by atoms with Gasteiger partial charge in [0, 0.05) is 27.2 Å². The van der Waals surface area contributed by atoms with E-state index in [-0.39, 0.29) is 18.4 Å². The lowest BCUT2D eigenvalue weighted by Crippen LogP contribution is -2.52. The zero-order chi connectivity index (χ0) is 27.9. The summed E-state index contributed by atoms with van der Waals surface area (Å²) in [7, 11) is 0.413. The zero-order valence-electron chi connectivity index (χ0n) is 23.1. The number of ether oxygens (including phenoxy) is 1. The molecular formula is C27H40N4O5S. The van der Waals surface area contributed by atoms with E-state index in [1.165, 1.54) is 19.0 Å². The topological polar surface area (TPSA) is 99.3 Å². The molecule has 0 radical (unpaired) electrons. The van der Waals surface area contributed by atoms with E-state index < -0.39 is 28.7 Å². The van der Waals surface area contributed by atoms with Gasteiger partial charge in [-0.25, -0.2) is 4.31 Å². The van der Waals surface area contributed by atoms with Gasteiger partial charge in [-0.3, -0.25) is 9.59 Å². The fraction of sp³-hybridized carbons (Fsp3) is 0.481. The Hall–Kier alpha value is -3.11. The van der Waals surface area contributed by atoms with Crippen molar-refractivity contribution in [2.45, 2.75) is 47.2 Å². The van der Waals surface area contributed by atoms with E-state index in [0.717, 1.165) is 19.7 Å². The summed E-state index contributed by atoms with van der Waals surface area (Å²) in [6.07, 6.45) is 0. The lowest BCUT2D eigenvalue weighted by molar-refractivity contribution is -0.139. The molecule has 0 fully saturated rings. The SMILES string of the molecule is COc1ccc(CN(C(=O)CN(c2cc(C)ccc2C)S(=O)(=O)N(C)C)[C@H](C)C(=O)NCC(C)C)cc1. The van der Waals surface area contributed by atoms with E-state index in [1.807, 2.05) is 45.0 Å². The number of methoxy groups -OCH3 is 1. The van der Waals surface area contributed by atoms with Crippen LogP contribution in [0.25, 0.3) is 0 Å². The van der Waals surface area contributed by atoms with E-state index in [1.54, 1.807) is 39.2 Å². The molecule has 2 rings (SSSR count). The van der Waals surface area contributed by atoms with E-state index in [0.29, 0.717) is 23.5 Å². The molecule has 2 amide bonds. The van der Waals surface area contributed by atoms with Crippen molar-refractivity contribution in [2.75, 3.05) is 38.6 Å². The molecule has 0 unspecified atom stereocenters. The predicted molar refractivity (Wildman–Crippen MR) is 147 cm³/mol. The monoisotopic (exact) mass is 532 g/mol. The number of hydrogen-bond donors (Lipinski definition) is 1. The van der Waals surface area contributed by atoms with Gasteiger partial charge in [0.25, 0.3) is 0 Å². The first-order valence-corrected chi connectivity index (χ1v) is 13.6. The van der Waals surface area contributed by atoms with Crippen LogP contribution in [-0.2, 0) is 26.3 Å². The van der Waals surface area contributed by atoms with Gasteiger partial charge >= 0.3 is 10.2 Å². The van der Waals surface area contributed by atoms with Crippen LogP contribution in [0.2, 0.25) is 0 Å². The van der Waals surface area contributed by atoms with Crippen molar-refractivity contribution < 1.29 is 22.7 Å². The number of amides is 2. The third-order valence-corrected chi connectivity index (χ3v) is 7.82. The molecule has 1 N–H and O–H groups in total. The summed E-state index contributed by atoms with van der Waals surface area (Å²) in [5.74, 6) is 0.119. The predicted octanol–water partition coefficient (Wildman–Crippen LogP) is 3.11. The maximum Gasteiger partial charge on any atom is 0.304 e. The molecule has 0 heterocycles. The second-order valence-corrected chi connectivity index (χ2v) is 11.8. The maximum atomic E-state index is 13.8. The minimum atomic E-state index is -4.01. The van der Waals surface area contributed by atoms with Crippen LogP contribution in [0.15, 0.2) is 42.5 Å². The standard InChI is InChI=1S/C27H40N4O5S/c1-19(2)16-28-27(33)22(5)30(17-23-11-13-24(36-8)14-12-23)26(32)18-31(37(34,35)29(6)7)25-15-20(3)9-10-21(25)4/h9-15,19,22H,16-18H2,1-8H3,(H,28,33)/t22-/m1/s1. The van der Waals surface area contributed by atoms with E-state index in [2.05, 4.69) is 5.32 Å². The number of anilines is 1. The average Bonchev–Trinajstić information content (AvgIpc) is 2.85. The summed E-state index contributed by atoms with van der Waals surface area (Å²) >= 11 is 0. The average molecular weight is 533 g/mol. The third-order valence-electron chi connectivity index (χ3n) is 6.02. The molecule has 0 aliphatic carbocycles. The Kier molecular flexibility index (Phi) is 10.5. The van der Waals surface area contributed by atoms with Gasteiger partial charge in [0.2, 0.25) is 11.8 Å². The van der Waals surface area contributed by atoms with Gasteiger partial charge in [-0.1, -0.05) is 38.1 Å². The highest BCUT2D eigenvalue weighted by atomic mass is 32.2. The number of hydrogen-bond acceptors (Lipinski definition) is 5. The summed E-state index contributed by atoms with van der Waals surface area (Å²) in [4.78, 5) is 28.2. The Morgan fingerprint density at radius 2 is 1.62 bits per heavy atom. The molecule has 0 saturated carbocycles. The van der Waals surface area contributed by atoms with E-state index in [9.17, 15) is 18.0 Å². The van der Waals surface area contributed by atoms with Gasteiger partial charge in [0.1, 0.15) is 18.3 Å². The van der Waals surface area contributed by atoms with Crippen LogP contribution in [0.1, 0.15) is 37.5 Å². The quantitative estimate of drug-likeness (QED) is 0.453. The molecule has 0 bridgehead atoms. The van der Waals surface area contributed by atoms with Crippen LogP contribution in [-0.4, -0.2) is 69.8 Å². The van der Waals surface area contributed by atoms with Crippen molar-refractivity contribution in [3.8, 4) is 5.75 Å². The fourth-order valence-electron chi connectivity index (χ4n) is 3.65. The van der Waals surface area contributed by atoms with Crippen molar-refractivity contribution in [3.05, 3.63) is 59.2 Å². The number of aryl methyl sites for hydroxylation is 2. The molecule has 0 aliphatic rings. The largest absolute Gasteiger partial charge is 0.497 e. The molecule has 10 heteroatoms. The molecule has 1 atom stereocenters. The molecule has 0 aromatic heterocycles. The molecule has 204 valence electrons. The zero-order valence-corrected chi connectivity index (χ0v) is 23.9. The number of rotatable bonds is 12. The smallest absolute Gasteiger partial charge is 0.304 e. The highest BCUT2D eigenvalue weighted by molar-refractivity contribution is 7.90. The first-order valence-electron chi connectivity index (χ1n) is 12.3. The highest BCUT2D eigenvalue weighted by Gasteiger charge is 2.33. The van der Waals surface area contributed by atoms with Gasteiger partial charge in [-0.15, -0.1) is 0 Å². The van der Waals surface area contributed by atoms with Gasteiger partial charge in [0.15, 0.2) is 0 Å². The number of nitrogens with zero attached hydrogens (tertiary/aromatic N) is 3. The number of nitrogens with one attached hydrogen (secondary N) is 1. The second-order valence-electron chi connectivity index (χ2n) is 9.77. The number of carbonyl (C=O) groups excluding carboxylic acids is 2. The Labute approximate surface area is 221 Å². The van der Waals surface area contributed by atoms with Crippen LogP contribution >= 0.6 is 0 Å². The second kappa shape index (κ2) is 12.9. The van der Waals surface area contributed by atoms with Crippen LogP contribution in [0.4, 0.5) is 5.69 Å². The van der Waals surface area contributed by atoms with Gasteiger partial charge in [0.05, 0.1) is 12.8 Å². The normalized spacial score (nSPS) is 12.4. The van der Waals surface area contributed by atoms with Crippen LogP contribution < -0.4 is 14.4 Å². The van der Waals surface area contributed by atoms with Crippen molar-refractivity contribution in [2.24, 2.45) is 5.92 Å². The number of carbonyl (C=O) groups is 2. The van der Waals surface area contributed by atoms with Gasteiger partial charge in [-0.05, 0) is 61.6 Å². The van der Waals surface area contributed by atoms with E-state index >= 15 is 0 Å². The molecule has 2 aromatic rings. The van der Waals surface area contributed by atoms with Gasteiger partial charge in [-0.2, -0.15) is 12.7 Å². The third kappa shape index (κ3) is 7.93. The Morgan fingerprint density at radius 3 is 2.16 bits per heavy atom. The molecule has 0 aliphatic heterocycles. The lowest BCUT2D eigenvalue weighted by Gasteiger charge is -2.33. The summed E-state index contributed by atoms with van der Waals surface area (Å²) in [5.41, 5.74) is 2.78. The molecular weight excluding hydrogens is 492 g/mol. The van der Waals surface area contributed by atoms with Crippen LogP contribution in [0.3, 0.4) is 0 Å². The minimum absolute atomic E-state index is 0.127. The minimum Gasteiger partial charge on any atom is -0.497 e. The van der Waals surface area contributed by atoms with Crippen LogP contribution in [0, 0.1) is 19.8 Å². The van der Waals surface area contributed by atoms with Gasteiger partial charge < -0.3 is 15.0 Å². The first-order chi connectivity index (χ1) is 17.3. The molecule has 9 nitrogen and oxygen atoms in total. The summed E-state index contributed by atoms with van der Waals surface area (Å²) in [6, 6.07) is 11.8. The molecule has 2 aromatic carbocycles. The first kappa shape index (κ1) is 30.1. The molecule has 0 saturated heterocycles. The van der Waals surface area contributed by atoms with Crippen molar-refractivity contribution in [1.82, 2.24) is 14.5 Å². The van der Waals surface area contributed by atoms with Crippen molar-refractivity contribution >= 4 is 27.7 Å².